The molecule has 0 aliphatic rings. The Bertz CT molecular complexity index is 859. The molecular weight excluding hydrogens is 334 g/mol. The number of amides is 1. The fourth-order valence-corrected chi connectivity index (χ4v) is 2.37. The molecule has 1 heterocycles. The van der Waals surface area contributed by atoms with E-state index in [1.807, 2.05) is 31.2 Å². The van der Waals surface area contributed by atoms with E-state index >= 15 is 0 Å². The van der Waals surface area contributed by atoms with Crippen LogP contribution in [-0.4, -0.2) is 39.8 Å². The normalized spacial score (nSPS) is 10.4. The lowest BCUT2D eigenvalue weighted by molar-refractivity contribution is 0.0949. The van der Waals surface area contributed by atoms with Crippen molar-refractivity contribution in [3.8, 4) is 17.2 Å². The van der Waals surface area contributed by atoms with Gasteiger partial charge in [0.1, 0.15) is 11.5 Å². The highest BCUT2D eigenvalue weighted by atomic mass is 16.5. The average Bonchev–Trinajstić information content (AvgIpc) is 3.15. The lowest BCUT2D eigenvalue weighted by Gasteiger charge is -2.08. The molecule has 26 heavy (non-hydrogen) atoms. The molecule has 0 saturated heterocycles. The number of nitrogens with one attached hydrogen (secondary N) is 1. The Morgan fingerprint density at radius 3 is 2.42 bits per heavy atom. The molecule has 8 nitrogen and oxygen atoms in total. The third-order valence-corrected chi connectivity index (χ3v) is 3.69. The second-order valence-corrected chi connectivity index (χ2v) is 5.35. The number of hydrogen-bond acceptors (Lipinski definition) is 6. The smallest absolute Gasteiger partial charge is 0.251 e. The zero-order valence-corrected chi connectivity index (χ0v) is 14.5. The first kappa shape index (κ1) is 17.4. The molecule has 1 amide bonds. The second kappa shape index (κ2) is 8.11. The van der Waals surface area contributed by atoms with Gasteiger partial charge in [-0.15, -0.1) is 5.10 Å². The molecule has 0 bridgehead atoms. The molecule has 0 fully saturated rings. The largest absolute Gasteiger partial charge is 0.497 e. The van der Waals surface area contributed by atoms with E-state index in [1.54, 1.807) is 36.1 Å². The average molecular weight is 353 g/mol. The highest BCUT2D eigenvalue weighted by Crippen LogP contribution is 2.15. The molecule has 1 aromatic heterocycles. The number of benzene rings is 2. The van der Waals surface area contributed by atoms with Crippen LogP contribution in [-0.2, 0) is 6.54 Å². The van der Waals surface area contributed by atoms with Gasteiger partial charge >= 0.3 is 0 Å². The number of methoxy groups -OCH3 is 1. The molecule has 0 atom stereocenters. The van der Waals surface area contributed by atoms with Crippen molar-refractivity contribution in [1.82, 2.24) is 25.5 Å². The van der Waals surface area contributed by atoms with Gasteiger partial charge in [-0.25, -0.2) is 0 Å². The van der Waals surface area contributed by atoms with E-state index in [9.17, 15) is 4.79 Å². The SMILES string of the molecule is CCOc1ccc(C(=O)NCc2nnnn2-c2ccc(OC)cc2)cc1. The summed E-state index contributed by atoms with van der Waals surface area (Å²) in [6.45, 7) is 2.69. The third-order valence-electron chi connectivity index (χ3n) is 3.69. The van der Waals surface area contributed by atoms with Gasteiger partial charge in [-0.2, -0.15) is 4.68 Å². The van der Waals surface area contributed by atoms with E-state index in [0.29, 0.717) is 18.0 Å². The molecule has 0 aliphatic heterocycles. The second-order valence-electron chi connectivity index (χ2n) is 5.35. The number of carbonyl (C=O) groups excluding carboxylic acids is 1. The van der Waals surface area contributed by atoms with Gasteiger partial charge in [-0.05, 0) is 65.9 Å². The zero-order valence-electron chi connectivity index (χ0n) is 14.5. The van der Waals surface area contributed by atoms with Gasteiger partial charge in [-0.3, -0.25) is 4.79 Å². The van der Waals surface area contributed by atoms with Crippen LogP contribution in [0.3, 0.4) is 0 Å². The van der Waals surface area contributed by atoms with E-state index < -0.39 is 0 Å². The number of ether oxygens (including phenoxy) is 2. The Labute approximate surface area is 150 Å². The summed E-state index contributed by atoms with van der Waals surface area (Å²) in [4.78, 5) is 12.3. The van der Waals surface area contributed by atoms with Gasteiger partial charge in [0.25, 0.3) is 5.91 Å². The molecule has 0 aliphatic carbocycles. The van der Waals surface area contributed by atoms with Gasteiger partial charge in [0.05, 0.1) is 25.9 Å². The number of carbonyl (C=O) groups is 1. The quantitative estimate of drug-likeness (QED) is 0.699. The van der Waals surface area contributed by atoms with E-state index in [4.69, 9.17) is 9.47 Å². The van der Waals surface area contributed by atoms with Crippen molar-refractivity contribution >= 4 is 5.91 Å². The van der Waals surface area contributed by atoms with Crippen molar-refractivity contribution < 1.29 is 14.3 Å². The summed E-state index contributed by atoms with van der Waals surface area (Å²) in [7, 11) is 1.61. The highest BCUT2D eigenvalue weighted by molar-refractivity contribution is 5.94. The number of nitrogens with zero attached hydrogens (tertiary/aromatic N) is 4. The van der Waals surface area contributed by atoms with Crippen molar-refractivity contribution in [2.24, 2.45) is 0 Å². The Hall–Kier alpha value is -3.42. The standard InChI is InChI=1S/C18H19N5O3/c1-3-26-16-8-4-13(5-9-16)18(24)19-12-17-20-21-22-23(17)14-6-10-15(25-2)11-7-14/h4-11H,3,12H2,1-2H3,(H,19,24). The van der Waals surface area contributed by atoms with Crippen LogP contribution in [0.2, 0.25) is 0 Å². The van der Waals surface area contributed by atoms with Crippen LogP contribution in [0, 0.1) is 0 Å². The van der Waals surface area contributed by atoms with Gasteiger partial charge in [-0.1, -0.05) is 0 Å². The van der Waals surface area contributed by atoms with Crippen LogP contribution in [0.15, 0.2) is 48.5 Å². The summed E-state index contributed by atoms with van der Waals surface area (Å²) < 4.78 is 12.1. The Kier molecular flexibility index (Phi) is 5.43. The van der Waals surface area contributed by atoms with Gasteiger partial charge in [0, 0.05) is 5.56 Å². The van der Waals surface area contributed by atoms with Gasteiger partial charge in [0.2, 0.25) is 0 Å². The predicted molar refractivity (Wildman–Crippen MR) is 94.5 cm³/mol. The molecule has 3 aromatic rings. The molecule has 8 heteroatoms. The predicted octanol–water partition coefficient (Wildman–Crippen LogP) is 2.00. The molecule has 0 spiro atoms. The molecule has 1 N–H and O–H groups in total. The topological polar surface area (TPSA) is 91.2 Å². The van der Waals surface area contributed by atoms with E-state index in [-0.39, 0.29) is 12.5 Å². The Morgan fingerprint density at radius 1 is 1.08 bits per heavy atom. The van der Waals surface area contributed by atoms with Crippen molar-refractivity contribution in [1.29, 1.82) is 0 Å². The Balaban J connectivity index is 1.66. The summed E-state index contributed by atoms with van der Waals surface area (Å²) in [6, 6.07) is 14.3. The summed E-state index contributed by atoms with van der Waals surface area (Å²) in [5.74, 6) is 1.78. The minimum atomic E-state index is -0.211. The number of rotatable bonds is 7. The van der Waals surface area contributed by atoms with Gasteiger partial charge in [0.15, 0.2) is 5.82 Å². The maximum Gasteiger partial charge on any atom is 0.251 e. The first-order chi connectivity index (χ1) is 12.7. The maximum atomic E-state index is 12.3. The van der Waals surface area contributed by atoms with Crippen molar-refractivity contribution in [2.75, 3.05) is 13.7 Å². The highest BCUT2D eigenvalue weighted by Gasteiger charge is 2.11. The fourth-order valence-electron chi connectivity index (χ4n) is 2.37. The van der Waals surface area contributed by atoms with Crippen LogP contribution in [0.4, 0.5) is 0 Å². The summed E-state index contributed by atoms with van der Waals surface area (Å²) in [6.07, 6.45) is 0. The lowest BCUT2D eigenvalue weighted by atomic mass is 10.2. The molecule has 0 unspecified atom stereocenters. The molecular formula is C18H19N5O3. The van der Waals surface area contributed by atoms with Crippen LogP contribution < -0.4 is 14.8 Å². The van der Waals surface area contributed by atoms with Crippen molar-refractivity contribution in [3.05, 3.63) is 59.9 Å². The van der Waals surface area contributed by atoms with E-state index in [1.165, 1.54) is 0 Å². The summed E-state index contributed by atoms with van der Waals surface area (Å²) in [5.41, 5.74) is 1.32. The summed E-state index contributed by atoms with van der Waals surface area (Å²) in [5, 5.41) is 14.5. The lowest BCUT2D eigenvalue weighted by Crippen LogP contribution is -2.24. The van der Waals surface area contributed by atoms with Crippen LogP contribution >= 0.6 is 0 Å². The summed E-state index contributed by atoms with van der Waals surface area (Å²) >= 11 is 0. The van der Waals surface area contributed by atoms with Gasteiger partial charge < -0.3 is 14.8 Å². The monoisotopic (exact) mass is 353 g/mol. The first-order valence-corrected chi connectivity index (χ1v) is 8.14. The Morgan fingerprint density at radius 2 is 1.77 bits per heavy atom. The molecule has 134 valence electrons. The zero-order chi connectivity index (χ0) is 18.4. The minimum Gasteiger partial charge on any atom is -0.497 e. The number of hydrogen-bond donors (Lipinski definition) is 1. The molecule has 3 rings (SSSR count). The minimum absolute atomic E-state index is 0.199. The molecule has 0 radical (unpaired) electrons. The maximum absolute atomic E-state index is 12.3. The van der Waals surface area contributed by atoms with Crippen LogP contribution in [0.25, 0.3) is 5.69 Å². The number of tetrazole rings is 1. The third kappa shape index (κ3) is 3.97. The van der Waals surface area contributed by atoms with E-state index in [0.717, 1.165) is 17.2 Å². The number of aromatic nitrogens is 4. The van der Waals surface area contributed by atoms with Crippen LogP contribution in [0.5, 0.6) is 11.5 Å². The molecule has 0 saturated carbocycles. The molecule has 2 aromatic carbocycles. The van der Waals surface area contributed by atoms with E-state index in [2.05, 4.69) is 20.8 Å². The van der Waals surface area contributed by atoms with Crippen molar-refractivity contribution in [3.63, 3.8) is 0 Å². The van der Waals surface area contributed by atoms with Crippen LogP contribution in [0.1, 0.15) is 23.1 Å². The first-order valence-electron chi connectivity index (χ1n) is 8.14. The van der Waals surface area contributed by atoms with Crippen molar-refractivity contribution in [2.45, 2.75) is 13.5 Å². The fraction of sp³-hybridized carbons (Fsp3) is 0.222.